The van der Waals surface area contributed by atoms with Gasteiger partial charge in [0.2, 0.25) is 5.95 Å². The van der Waals surface area contributed by atoms with E-state index < -0.39 is 17.7 Å². The van der Waals surface area contributed by atoms with Crippen molar-refractivity contribution < 1.29 is 17.6 Å². The summed E-state index contributed by atoms with van der Waals surface area (Å²) in [6.45, 7) is 0. The fourth-order valence-electron chi connectivity index (χ4n) is 1.25. The number of aromatic amines is 1. The van der Waals surface area contributed by atoms with E-state index in [4.69, 9.17) is 0 Å². The molecule has 6 heteroatoms. The molecule has 0 saturated heterocycles. The monoisotopic (exact) mass is 204 g/mol. The van der Waals surface area contributed by atoms with Crippen molar-refractivity contribution in [3.05, 3.63) is 29.7 Å². The Kier molecular flexibility index (Phi) is 1.73. The van der Waals surface area contributed by atoms with Crippen LogP contribution in [0.5, 0.6) is 0 Å². The Hall–Kier alpha value is -1.59. The second-order valence-corrected chi connectivity index (χ2v) is 2.74. The van der Waals surface area contributed by atoms with Crippen molar-refractivity contribution in [3.63, 3.8) is 0 Å². The summed E-state index contributed by atoms with van der Waals surface area (Å²) in [4.78, 5) is 0. The number of rotatable bonds is 0. The molecular formula is C8H4F4N2. The molecule has 0 bridgehead atoms. The minimum Gasteiger partial charge on any atom is -0.274 e. The Bertz CT molecular complexity index is 472. The van der Waals surface area contributed by atoms with Crippen LogP contribution in [0.4, 0.5) is 17.6 Å². The Morgan fingerprint density at radius 3 is 2.57 bits per heavy atom. The van der Waals surface area contributed by atoms with Gasteiger partial charge in [0, 0.05) is 0 Å². The number of hydrogen-bond acceptors (Lipinski definition) is 1. The first-order chi connectivity index (χ1) is 6.50. The molecular weight excluding hydrogens is 200 g/mol. The van der Waals surface area contributed by atoms with Crippen LogP contribution in [-0.4, -0.2) is 10.2 Å². The summed E-state index contributed by atoms with van der Waals surface area (Å²) in [6.07, 6.45) is -4.50. The highest BCUT2D eigenvalue weighted by Crippen LogP contribution is 2.34. The van der Waals surface area contributed by atoms with Gasteiger partial charge in [-0.05, 0) is 12.1 Å². The van der Waals surface area contributed by atoms with Gasteiger partial charge in [-0.3, -0.25) is 5.10 Å². The number of H-pyrrole nitrogens is 1. The van der Waals surface area contributed by atoms with Crippen LogP contribution >= 0.6 is 0 Å². The van der Waals surface area contributed by atoms with Gasteiger partial charge in [0.25, 0.3) is 0 Å². The van der Waals surface area contributed by atoms with Gasteiger partial charge in [0.1, 0.15) is 0 Å². The predicted octanol–water partition coefficient (Wildman–Crippen LogP) is 2.72. The van der Waals surface area contributed by atoms with Crippen molar-refractivity contribution in [2.75, 3.05) is 0 Å². The molecule has 1 heterocycles. The largest absolute Gasteiger partial charge is 0.418 e. The van der Waals surface area contributed by atoms with E-state index in [0.29, 0.717) is 0 Å². The normalized spacial score (nSPS) is 12.3. The second kappa shape index (κ2) is 2.70. The lowest BCUT2D eigenvalue weighted by Crippen LogP contribution is -2.05. The third-order valence-corrected chi connectivity index (χ3v) is 1.86. The number of alkyl halides is 3. The fourth-order valence-corrected chi connectivity index (χ4v) is 1.25. The van der Waals surface area contributed by atoms with Crippen molar-refractivity contribution in [2.24, 2.45) is 0 Å². The highest BCUT2D eigenvalue weighted by atomic mass is 19.4. The van der Waals surface area contributed by atoms with Crippen LogP contribution < -0.4 is 0 Å². The molecule has 0 fully saturated rings. The van der Waals surface area contributed by atoms with Crippen LogP contribution in [0.25, 0.3) is 10.9 Å². The summed E-state index contributed by atoms with van der Waals surface area (Å²) in [5.74, 6) is -0.925. The minimum absolute atomic E-state index is 0.153. The molecule has 0 aliphatic heterocycles. The average molecular weight is 204 g/mol. The number of halogens is 4. The SMILES string of the molecule is Fc1n[nH]c2c(C(F)(F)F)cccc12. The molecule has 0 atom stereocenters. The molecule has 14 heavy (non-hydrogen) atoms. The average Bonchev–Trinajstić information content (AvgIpc) is 2.46. The number of para-hydroxylation sites is 1. The van der Waals surface area contributed by atoms with E-state index in [1.165, 1.54) is 6.07 Å². The number of nitrogens with one attached hydrogen (secondary N) is 1. The number of hydrogen-bond donors (Lipinski definition) is 1. The van der Waals surface area contributed by atoms with Gasteiger partial charge in [-0.2, -0.15) is 17.6 Å². The Morgan fingerprint density at radius 1 is 1.21 bits per heavy atom. The molecule has 2 rings (SSSR count). The number of benzene rings is 1. The van der Waals surface area contributed by atoms with Crippen LogP contribution in [0.3, 0.4) is 0 Å². The van der Waals surface area contributed by atoms with Crippen molar-refractivity contribution in [2.45, 2.75) is 6.18 Å². The van der Waals surface area contributed by atoms with Crippen molar-refractivity contribution in [1.29, 1.82) is 0 Å². The number of nitrogens with zero attached hydrogens (tertiary/aromatic N) is 1. The van der Waals surface area contributed by atoms with Gasteiger partial charge < -0.3 is 0 Å². The van der Waals surface area contributed by atoms with E-state index in [1.807, 2.05) is 5.10 Å². The van der Waals surface area contributed by atoms with Gasteiger partial charge in [-0.1, -0.05) is 6.07 Å². The summed E-state index contributed by atoms with van der Waals surface area (Å²) in [5, 5.41) is 4.94. The maximum atomic E-state index is 12.8. The van der Waals surface area contributed by atoms with Crippen LogP contribution in [0.15, 0.2) is 18.2 Å². The first-order valence-corrected chi connectivity index (χ1v) is 3.70. The molecule has 1 aromatic carbocycles. The standard InChI is InChI=1S/C8H4F4N2/c9-7-4-2-1-3-5(8(10,11)12)6(4)13-14-7/h1-3H,(H,13,14). The van der Waals surface area contributed by atoms with Gasteiger partial charge in [0.15, 0.2) is 0 Å². The molecule has 2 aromatic rings. The third kappa shape index (κ3) is 1.23. The lowest BCUT2D eigenvalue weighted by molar-refractivity contribution is -0.136. The number of fused-ring (bicyclic) bond motifs is 1. The summed E-state index contributed by atoms with van der Waals surface area (Å²) >= 11 is 0. The molecule has 0 aliphatic rings. The maximum absolute atomic E-state index is 12.8. The maximum Gasteiger partial charge on any atom is 0.418 e. The molecule has 1 N–H and O–H groups in total. The van der Waals surface area contributed by atoms with E-state index in [0.717, 1.165) is 12.1 Å². The van der Waals surface area contributed by atoms with Crippen molar-refractivity contribution in [3.8, 4) is 0 Å². The molecule has 74 valence electrons. The Balaban J connectivity index is 2.79. The zero-order valence-electron chi connectivity index (χ0n) is 6.69. The van der Waals surface area contributed by atoms with Gasteiger partial charge >= 0.3 is 6.18 Å². The van der Waals surface area contributed by atoms with Crippen molar-refractivity contribution in [1.82, 2.24) is 10.2 Å². The molecule has 1 aromatic heterocycles. The van der Waals surface area contributed by atoms with E-state index in [2.05, 4.69) is 5.10 Å². The van der Waals surface area contributed by atoms with Crippen molar-refractivity contribution >= 4 is 10.9 Å². The van der Waals surface area contributed by atoms with E-state index in [1.54, 1.807) is 0 Å². The quantitative estimate of drug-likeness (QED) is 0.656. The first-order valence-electron chi connectivity index (χ1n) is 3.70. The molecule has 0 aliphatic carbocycles. The predicted molar refractivity (Wildman–Crippen MR) is 41.1 cm³/mol. The van der Waals surface area contributed by atoms with Crippen LogP contribution in [0, 0.1) is 5.95 Å². The highest BCUT2D eigenvalue weighted by Gasteiger charge is 2.33. The van der Waals surface area contributed by atoms with Crippen LogP contribution in [0.2, 0.25) is 0 Å². The smallest absolute Gasteiger partial charge is 0.274 e. The lowest BCUT2D eigenvalue weighted by Gasteiger charge is -2.06. The zero-order valence-corrected chi connectivity index (χ0v) is 6.69. The highest BCUT2D eigenvalue weighted by molar-refractivity contribution is 5.82. The van der Waals surface area contributed by atoms with Gasteiger partial charge in [0.05, 0.1) is 16.5 Å². The summed E-state index contributed by atoms with van der Waals surface area (Å²) in [5.41, 5.74) is -1.23. The van der Waals surface area contributed by atoms with E-state index >= 15 is 0 Å². The summed E-state index contributed by atoms with van der Waals surface area (Å²) in [7, 11) is 0. The zero-order chi connectivity index (χ0) is 10.3. The first kappa shape index (κ1) is 8.98. The van der Waals surface area contributed by atoms with Crippen LogP contribution in [-0.2, 0) is 6.18 Å². The van der Waals surface area contributed by atoms with E-state index in [9.17, 15) is 17.6 Å². The summed E-state index contributed by atoms with van der Waals surface area (Å²) in [6, 6.07) is 3.26. The third-order valence-electron chi connectivity index (χ3n) is 1.86. The second-order valence-electron chi connectivity index (χ2n) is 2.74. The number of aromatic nitrogens is 2. The molecule has 0 saturated carbocycles. The topological polar surface area (TPSA) is 28.7 Å². The Morgan fingerprint density at radius 2 is 1.93 bits per heavy atom. The van der Waals surface area contributed by atoms with Gasteiger partial charge in [-0.25, -0.2) is 0 Å². The fraction of sp³-hybridized carbons (Fsp3) is 0.125. The molecule has 0 unspecified atom stereocenters. The van der Waals surface area contributed by atoms with Gasteiger partial charge in [-0.15, -0.1) is 5.10 Å². The lowest BCUT2D eigenvalue weighted by atomic mass is 10.1. The molecule has 0 amide bonds. The van der Waals surface area contributed by atoms with Crippen LogP contribution in [0.1, 0.15) is 5.56 Å². The van der Waals surface area contributed by atoms with E-state index in [-0.39, 0.29) is 10.9 Å². The Labute approximate surface area is 75.5 Å². The minimum atomic E-state index is -4.50. The molecule has 2 nitrogen and oxygen atoms in total. The molecule has 0 radical (unpaired) electrons. The molecule has 0 spiro atoms. The summed E-state index contributed by atoms with van der Waals surface area (Å²) < 4.78 is 49.9.